The number of amides is 1. The number of carbonyl (C=O) groups is 1. The molecule has 28 heavy (non-hydrogen) atoms. The van der Waals surface area contributed by atoms with Crippen molar-refractivity contribution in [1.29, 1.82) is 0 Å². The van der Waals surface area contributed by atoms with Crippen LogP contribution in [0.1, 0.15) is 41.2 Å². The van der Waals surface area contributed by atoms with Crippen LogP contribution >= 0.6 is 39.9 Å². The molecular formula is C19H27BrIN5O2. The smallest absolute Gasteiger partial charge is 0.251 e. The molecule has 9 heteroatoms. The number of aromatic nitrogens is 1. The van der Waals surface area contributed by atoms with E-state index in [1.807, 2.05) is 19.1 Å². The Morgan fingerprint density at radius 1 is 1.18 bits per heavy atom. The van der Waals surface area contributed by atoms with Crippen molar-refractivity contribution in [2.45, 2.75) is 33.2 Å². The average Bonchev–Trinajstić information content (AvgIpc) is 3.09. The summed E-state index contributed by atoms with van der Waals surface area (Å²) in [5, 5.41) is 13.5. The lowest BCUT2D eigenvalue weighted by Gasteiger charge is -2.12. The van der Waals surface area contributed by atoms with Crippen LogP contribution in [0.2, 0.25) is 0 Å². The highest BCUT2D eigenvalue weighted by Gasteiger charge is 2.13. The minimum atomic E-state index is -0.106. The van der Waals surface area contributed by atoms with Crippen LogP contribution in [0.3, 0.4) is 0 Å². The molecule has 1 heterocycles. The highest BCUT2D eigenvalue weighted by Crippen LogP contribution is 2.15. The summed E-state index contributed by atoms with van der Waals surface area (Å²) >= 11 is 3.37. The molecule has 1 aromatic carbocycles. The van der Waals surface area contributed by atoms with Gasteiger partial charge in [0.15, 0.2) is 5.96 Å². The SMILES string of the molecule is CCc1noc(CC)c1CNC(=NC)NCCNC(=O)c1cccc(Br)c1.I. The van der Waals surface area contributed by atoms with Crippen molar-refractivity contribution in [1.82, 2.24) is 21.1 Å². The van der Waals surface area contributed by atoms with Crippen molar-refractivity contribution >= 4 is 51.8 Å². The van der Waals surface area contributed by atoms with E-state index >= 15 is 0 Å². The number of rotatable bonds is 8. The second-order valence-electron chi connectivity index (χ2n) is 5.86. The molecule has 2 aromatic rings. The summed E-state index contributed by atoms with van der Waals surface area (Å²) in [6.45, 7) is 5.75. The molecule has 0 radical (unpaired) electrons. The maximum Gasteiger partial charge on any atom is 0.251 e. The topological polar surface area (TPSA) is 91.6 Å². The zero-order valence-electron chi connectivity index (χ0n) is 16.3. The van der Waals surface area contributed by atoms with E-state index in [0.717, 1.165) is 34.3 Å². The first-order chi connectivity index (χ1) is 13.1. The Kier molecular flexibility index (Phi) is 11.1. The van der Waals surface area contributed by atoms with Crippen molar-refractivity contribution in [2.75, 3.05) is 20.1 Å². The van der Waals surface area contributed by atoms with Gasteiger partial charge in [-0.1, -0.05) is 41.0 Å². The van der Waals surface area contributed by atoms with Gasteiger partial charge in [0.25, 0.3) is 5.91 Å². The molecule has 0 saturated carbocycles. The van der Waals surface area contributed by atoms with Gasteiger partial charge in [-0.2, -0.15) is 0 Å². The molecule has 0 spiro atoms. The summed E-state index contributed by atoms with van der Waals surface area (Å²) in [7, 11) is 1.71. The van der Waals surface area contributed by atoms with Crippen LogP contribution < -0.4 is 16.0 Å². The fraction of sp³-hybridized carbons (Fsp3) is 0.421. The van der Waals surface area contributed by atoms with Gasteiger partial charge in [-0.3, -0.25) is 9.79 Å². The van der Waals surface area contributed by atoms with E-state index in [4.69, 9.17) is 4.52 Å². The van der Waals surface area contributed by atoms with E-state index in [9.17, 15) is 4.79 Å². The van der Waals surface area contributed by atoms with Crippen LogP contribution in [0.25, 0.3) is 0 Å². The number of nitrogens with one attached hydrogen (secondary N) is 3. The van der Waals surface area contributed by atoms with E-state index in [1.54, 1.807) is 19.2 Å². The molecule has 0 unspecified atom stereocenters. The van der Waals surface area contributed by atoms with Crippen LogP contribution in [0, 0.1) is 0 Å². The quantitative estimate of drug-likeness (QED) is 0.198. The second-order valence-corrected chi connectivity index (χ2v) is 6.77. The minimum absolute atomic E-state index is 0. The molecule has 0 aliphatic heterocycles. The number of aliphatic imine (C=N–C) groups is 1. The molecule has 0 bridgehead atoms. The summed E-state index contributed by atoms with van der Waals surface area (Å²) in [5.41, 5.74) is 2.68. The van der Waals surface area contributed by atoms with Crippen molar-refractivity contribution in [3.8, 4) is 0 Å². The number of aryl methyl sites for hydroxylation is 2. The van der Waals surface area contributed by atoms with Gasteiger partial charge in [0, 0.05) is 48.7 Å². The summed E-state index contributed by atoms with van der Waals surface area (Å²) in [4.78, 5) is 16.3. The number of benzene rings is 1. The lowest BCUT2D eigenvalue weighted by atomic mass is 10.1. The fourth-order valence-electron chi connectivity index (χ4n) is 2.62. The first kappa shape index (κ1) is 24.4. The first-order valence-corrected chi connectivity index (χ1v) is 9.82. The monoisotopic (exact) mass is 563 g/mol. The third-order valence-electron chi connectivity index (χ3n) is 4.05. The molecular weight excluding hydrogens is 537 g/mol. The number of nitrogens with zero attached hydrogens (tertiary/aromatic N) is 2. The van der Waals surface area contributed by atoms with Crippen molar-refractivity contribution in [3.63, 3.8) is 0 Å². The van der Waals surface area contributed by atoms with Crippen molar-refractivity contribution < 1.29 is 9.32 Å². The van der Waals surface area contributed by atoms with E-state index in [0.29, 0.717) is 31.2 Å². The zero-order chi connectivity index (χ0) is 19.6. The maximum absolute atomic E-state index is 12.1. The molecule has 1 aromatic heterocycles. The molecule has 0 fully saturated rings. The lowest BCUT2D eigenvalue weighted by molar-refractivity contribution is 0.0954. The number of guanidine groups is 1. The maximum atomic E-state index is 12.1. The Morgan fingerprint density at radius 2 is 1.93 bits per heavy atom. The van der Waals surface area contributed by atoms with Crippen LogP contribution in [0.4, 0.5) is 0 Å². The van der Waals surface area contributed by atoms with E-state index in [1.165, 1.54) is 0 Å². The molecule has 0 atom stereocenters. The van der Waals surface area contributed by atoms with Gasteiger partial charge in [-0.25, -0.2) is 0 Å². The van der Waals surface area contributed by atoms with E-state index in [-0.39, 0.29) is 29.9 Å². The highest BCUT2D eigenvalue weighted by molar-refractivity contribution is 14.0. The third kappa shape index (κ3) is 7.08. The standard InChI is InChI=1S/C19H26BrN5O2.HI/c1-4-16-15(17(5-2)27-25-16)12-24-19(21-3)23-10-9-22-18(26)13-7-6-8-14(20)11-13;/h6-8,11H,4-5,9-10,12H2,1-3H3,(H,22,26)(H2,21,23,24);1H. The van der Waals surface area contributed by atoms with E-state index in [2.05, 4.69) is 49.0 Å². The molecule has 0 saturated heterocycles. The third-order valence-corrected chi connectivity index (χ3v) is 4.55. The van der Waals surface area contributed by atoms with Crippen LogP contribution in [0.15, 0.2) is 38.3 Å². The molecule has 2 rings (SSSR count). The van der Waals surface area contributed by atoms with Gasteiger partial charge in [0.1, 0.15) is 5.76 Å². The average molecular weight is 564 g/mol. The Bertz CT molecular complexity index is 773. The Morgan fingerprint density at radius 3 is 2.57 bits per heavy atom. The normalized spacial score (nSPS) is 10.9. The number of hydrogen-bond donors (Lipinski definition) is 3. The summed E-state index contributed by atoms with van der Waals surface area (Å²) in [6, 6.07) is 7.29. The summed E-state index contributed by atoms with van der Waals surface area (Å²) < 4.78 is 6.26. The van der Waals surface area contributed by atoms with Gasteiger partial charge >= 0.3 is 0 Å². The fourth-order valence-corrected chi connectivity index (χ4v) is 3.02. The number of carbonyl (C=O) groups excluding carboxylic acids is 1. The first-order valence-electron chi connectivity index (χ1n) is 9.03. The minimum Gasteiger partial charge on any atom is -0.361 e. The van der Waals surface area contributed by atoms with Crippen molar-refractivity contribution in [2.24, 2.45) is 4.99 Å². The zero-order valence-corrected chi connectivity index (χ0v) is 20.3. The molecule has 1 amide bonds. The van der Waals surface area contributed by atoms with Gasteiger partial charge in [-0.15, -0.1) is 24.0 Å². The predicted molar refractivity (Wildman–Crippen MR) is 125 cm³/mol. The van der Waals surface area contributed by atoms with E-state index < -0.39 is 0 Å². The lowest BCUT2D eigenvalue weighted by Crippen LogP contribution is -2.41. The predicted octanol–water partition coefficient (Wildman–Crippen LogP) is 3.27. The van der Waals surface area contributed by atoms with Crippen molar-refractivity contribution in [3.05, 3.63) is 51.3 Å². The Balaban J connectivity index is 0.00000392. The molecule has 0 aliphatic carbocycles. The van der Waals surface area contributed by atoms with Gasteiger partial charge in [-0.05, 0) is 24.6 Å². The summed E-state index contributed by atoms with van der Waals surface area (Å²) in [6.07, 6.45) is 1.63. The molecule has 0 aliphatic rings. The van der Waals surface area contributed by atoms with Crippen LogP contribution in [-0.4, -0.2) is 37.2 Å². The molecule has 154 valence electrons. The largest absolute Gasteiger partial charge is 0.361 e. The molecule has 3 N–H and O–H groups in total. The van der Waals surface area contributed by atoms with Crippen LogP contribution in [-0.2, 0) is 19.4 Å². The van der Waals surface area contributed by atoms with Crippen LogP contribution in [0.5, 0.6) is 0 Å². The number of halogens is 2. The number of hydrogen-bond acceptors (Lipinski definition) is 4. The van der Waals surface area contributed by atoms with Gasteiger partial charge in [0.2, 0.25) is 0 Å². The summed E-state index contributed by atoms with van der Waals surface area (Å²) in [5.74, 6) is 1.46. The highest BCUT2D eigenvalue weighted by atomic mass is 127. The Labute approximate surface area is 191 Å². The van der Waals surface area contributed by atoms with Gasteiger partial charge in [0.05, 0.1) is 5.69 Å². The second kappa shape index (κ2) is 12.8. The Hall–Kier alpha value is -1.62. The van der Waals surface area contributed by atoms with Gasteiger partial charge < -0.3 is 20.5 Å². The molecule has 7 nitrogen and oxygen atoms in total.